The third-order valence-electron chi connectivity index (χ3n) is 3.87. The molecule has 1 unspecified atom stereocenters. The zero-order valence-electron chi connectivity index (χ0n) is 11.6. The lowest BCUT2D eigenvalue weighted by atomic mass is 10.1. The molecule has 104 valence electrons. The maximum Gasteiger partial charge on any atom is 0.165 e. The van der Waals surface area contributed by atoms with E-state index in [9.17, 15) is 4.79 Å². The highest BCUT2D eigenvalue weighted by atomic mass is 35.5. The summed E-state index contributed by atoms with van der Waals surface area (Å²) in [5.41, 5.74) is 0.645. The number of hydrogen-bond acceptors (Lipinski definition) is 3. The van der Waals surface area contributed by atoms with Crippen molar-refractivity contribution in [3.05, 3.63) is 34.9 Å². The Bertz CT molecular complexity index is 450. The van der Waals surface area contributed by atoms with Gasteiger partial charge in [-0.3, -0.25) is 4.79 Å². The van der Waals surface area contributed by atoms with Gasteiger partial charge < -0.3 is 9.80 Å². The van der Waals surface area contributed by atoms with Gasteiger partial charge in [0.1, 0.15) is 0 Å². The summed E-state index contributed by atoms with van der Waals surface area (Å²) in [5, 5.41) is 0.555. The van der Waals surface area contributed by atoms with Crippen molar-refractivity contribution >= 4 is 17.4 Å². The number of likely N-dealkylation sites (N-methyl/N-ethyl adjacent to an activating group) is 1. The van der Waals surface area contributed by atoms with Crippen LogP contribution in [0.2, 0.25) is 5.02 Å². The van der Waals surface area contributed by atoms with Crippen molar-refractivity contribution in [2.24, 2.45) is 0 Å². The van der Waals surface area contributed by atoms with Crippen LogP contribution < -0.4 is 0 Å². The van der Waals surface area contributed by atoms with Crippen LogP contribution >= 0.6 is 11.6 Å². The third-order valence-corrected chi connectivity index (χ3v) is 4.20. The SMILES string of the molecule is CC1CN(CCC(=O)c2ccccc2Cl)CCN1C. The van der Waals surface area contributed by atoms with Crippen LogP contribution in [0.5, 0.6) is 0 Å². The average molecular weight is 281 g/mol. The van der Waals surface area contributed by atoms with Crippen LogP contribution in [0.4, 0.5) is 0 Å². The molecule has 2 rings (SSSR count). The molecule has 1 aliphatic heterocycles. The highest BCUT2D eigenvalue weighted by Crippen LogP contribution is 2.17. The largest absolute Gasteiger partial charge is 0.301 e. The molecule has 1 fully saturated rings. The lowest BCUT2D eigenvalue weighted by Gasteiger charge is -2.37. The fraction of sp³-hybridized carbons (Fsp3) is 0.533. The fourth-order valence-electron chi connectivity index (χ4n) is 2.41. The molecule has 0 spiro atoms. The normalized spacial score (nSPS) is 21.5. The Morgan fingerprint density at radius 1 is 1.37 bits per heavy atom. The minimum atomic E-state index is 0.136. The zero-order valence-corrected chi connectivity index (χ0v) is 12.4. The first-order valence-electron chi connectivity index (χ1n) is 6.78. The van der Waals surface area contributed by atoms with Crippen molar-refractivity contribution in [2.45, 2.75) is 19.4 Å². The van der Waals surface area contributed by atoms with Crippen LogP contribution in [-0.2, 0) is 0 Å². The first kappa shape index (κ1) is 14.5. The van der Waals surface area contributed by atoms with Gasteiger partial charge in [-0.05, 0) is 26.1 Å². The van der Waals surface area contributed by atoms with Gasteiger partial charge in [-0.15, -0.1) is 0 Å². The van der Waals surface area contributed by atoms with Gasteiger partial charge >= 0.3 is 0 Å². The average Bonchev–Trinajstić information content (AvgIpc) is 2.40. The van der Waals surface area contributed by atoms with Gasteiger partial charge in [0.15, 0.2) is 5.78 Å². The molecule has 0 aliphatic carbocycles. The van der Waals surface area contributed by atoms with Gasteiger partial charge in [0.05, 0.1) is 5.02 Å². The van der Waals surface area contributed by atoms with Gasteiger partial charge in [0.25, 0.3) is 0 Å². The molecule has 1 atom stereocenters. The summed E-state index contributed by atoms with van der Waals surface area (Å²) in [6.07, 6.45) is 0.542. The second kappa shape index (κ2) is 6.51. The van der Waals surface area contributed by atoms with Gasteiger partial charge in [-0.25, -0.2) is 0 Å². The van der Waals surface area contributed by atoms with E-state index in [4.69, 9.17) is 11.6 Å². The van der Waals surface area contributed by atoms with Gasteiger partial charge in [-0.2, -0.15) is 0 Å². The lowest BCUT2D eigenvalue weighted by molar-refractivity contribution is 0.0873. The maximum absolute atomic E-state index is 12.1. The molecular formula is C15H21ClN2O. The molecule has 1 aromatic rings. The number of nitrogens with zero attached hydrogens (tertiary/aromatic N) is 2. The van der Waals surface area contributed by atoms with E-state index >= 15 is 0 Å². The standard InChI is InChI=1S/C15H21ClN2O/c1-12-11-18(10-9-17(12)2)8-7-15(19)13-5-3-4-6-14(13)16/h3-6,12H,7-11H2,1-2H3. The molecule has 1 aromatic carbocycles. The Hall–Kier alpha value is -0.900. The predicted octanol–water partition coefficient (Wildman–Crippen LogP) is 2.55. The Kier molecular flexibility index (Phi) is 4.97. The van der Waals surface area contributed by atoms with Crippen LogP contribution in [0.1, 0.15) is 23.7 Å². The van der Waals surface area contributed by atoms with Crippen molar-refractivity contribution in [1.82, 2.24) is 9.80 Å². The van der Waals surface area contributed by atoms with Crippen LogP contribution in [-0.4, -0.2) is 54.9 Å². The van der Waals surface area contributed by atoms with E-state index in [0.717, 1.165) is 26.2 Å². The quantitative estimate of drug-likeness (QED) is 0.792. The molecule has 0 aromatic heterocycles. The predicted molar refractivity (Wildman–Crippen MR) is 78.9 cm³/mol. The molecule has 1 aliphatic rings. The van der Waals surface area contributed by atoms with Crippen LogP contribution in [0.25, 0.3) is 0 Å². The molecular weight excluding hydrogens is 260 g/mol. The molecule has 1 heterocycles. The van der Waals surface area contributed by atoms with Gasteiger partial charge in [0, 0.05) is 44.2 Å². The Morgan fingerprint density at radius 2 is 2.11 bits per heavy atom. The second-order valence-corrected chi connectivity index (χ2v) is 5.69. The number of hydrogen-bond donors (Lipinski definition) is 0. The minimum absolute atomic E-state index is 0.136. The molecule has 0 amide bonds. The zero-order chi connectivity index (χ0) is 13.8. The summed E-state index contributed by atoms with van der Waals surface area (Å²) in [4.78, 5) is 16.8. The van der Waals surface area contributed by atoms with Crippen molar-refractivity contribution in [1.29, 1.82) is 0 Å². The highest BCUT2D eigenvalue weighted by Gasteiger charge is 2.21. The van der Waals surface area contributed by atoms with E-state index in [-0.39, 0.29) is 5.78 Å². The van der Waals surface area contributed by atoms with Crippen molar-refractivity contribution in [3.63, 3.8) is 0 Å². The second-order valence-electron chi connectivity index (χ2n) is 5.28. The van der Waals surface area contributed by atoms with Crippen molar-refractivity contribution in [2.75, 3.05) is 33.2 Å². The van der Waals surface area contributed by atoms with E-state index < -0.39 is 0 Å². The Balaban J connectivity index is 1.86. The minimum Gasteiger partial charge on any atom is -0.301 e. The van der Waals surface area contributed by atoms with E-state index in [1.54, 1.807) is 12.1 Å². The van der Waals surface area contributed by atoms with Crippen LogP contribution in [0.3, 0.4) is 0 Å². The van der Waals surface area contributed by atoms with Crippen LogP contribution in [0, 0.1) is 0 Å². The van der Waals surface area contributed by atoms with E-state index in [1.165, 1.54) is 0 Å². The smallest absolute Gasteiger partial charge is 0.165 e. The number of ketones is 1. The maximum atomic E-state index is 12.1. The molecule has 0 N–H and O–H groups in total. The summed E-state index contributed by atoms with van der Waals surface area (Å²) in [6.45, 7) is 6.19. The number of rotatable bonds is 4. The van der Waals surface area contributed by atoms with Crippen molar-refractivity contribution < 1.29 is 4.79 Å². The Morgan fingerprint density at radius 3 is 2.79 bits per heavy atom. The Labute approximate surface area is 120 Å². The first-order chi connectivity index (χ1) is 9.08. The summed E-state index contributed by atoms with van der Waals surface area (Å²) >= 11 is 6.04. The molecule has 4 heteroatoms. The van der Waals surface area contributed by atoms with E-state index in [2.05, 4.69) is 23.8 Å². The van der Waals surface area contributed by atoms with Crippen LogP contribution in [0.15, 0.2) is 24.3 Å². The summed E-state index contributed by atoms with van der Waals surface area (Å²) in [6, 6.07) is 7.84. The topological polar surface area (TPSA) is 23.6 Å². The monoisotopic (exact) mass is 280 g/mol. The molecule has 0 bridgehead atoms. The van der Waals surface area contributed by atoms with Gasteiger partial charge in [-0.1, -0.05) is 23.7 Å². The molecule has 0 radical (unpaired) electrons. The lowest BCUT2D eigenvalue weighted by Crippen LogP contribution is -2.50. The number of Topliss-reactive ketones (excluding diaryl/α,β-unsaturated/α-hetero) is 1. The van der Waals surface area contributed by atoms with E-state index in [1.807, 2.05) is 12.1 Å². The summed E-state index contributed by atoms with van der Waals surface area (Å²) < 4.78 is 0. The molecule has 3 nitrogen and oxygen atoms in total. The fourth-order valence-corrected chi connectivity index (χ4v) is 2.65. The van der Waals surface area contributed by atoms with Crippen molar-refractivity contribution in [3.8, 4) is 0 Å². The summed E-state index contributed by atoms with van der Waals surface area (Å²) in [7, 11) is 2.15. The number of carbonyl (C=O) groups excluding carboxylic acids is 1. The molecule has 0 saturated carbocycles. The number of piperazine rings is 1. The number of halogens is 1. The third kappa shape index (κ3) is 3.78. The summed E-state index contributed by atoms with van der Waals surface area (Å²) in [5.74, 6) is 0.136. The van der Waals surface area contributed by atoms with Gasteiger partial charge in [0.2, 0.25) is 0 Å². The number of carbonyl (C=O) groups is 1. The molecule has 1 saturated heterocycles. The molecule has 19 heavy (non-hydrogen) atoms. The number of benzene rings is 1. The van der Waals surface area contributed by atoms with E-state index in [0.29, 0.717) is 23.0 Å². The first-order valence-corrected chi connectivity index (χ1v) is 7.16. The highest BCUT2D eigenvalue weighted by molar-refractivity contribution is 6.33.